The maximum absolute atomic E-state index is 12.4. The molecule has 1 rings (SSSR count). The van der Waals surface area contributed by atoms with Gasteiger partial charge in [0, 0.05) is 38.0 Å². The molecule has 0 spiro atoms. The van der Waals surface area contributed by atoms with E-state index in [4.69, 9.17) is 0 Å². The van der Waals surface area contributed by atoms with Crippen LogP contribution in [0, 0.1) is 11.8 Å². The topological polar surface area (TPSA) is 98.8 Å². The molecule has 1 aliphatic carbocycles. The molecule has 4 amide bonds. The maximum Gasteiger partial charge on any atom is 0.241 e. The zero-order chi connectivity index (χ0) is 21.1. The lowest BCUT2D eigenvalue weighted by molar-refractivity contribution is -0.136. The largest absolute Gasteiger partial charge is 0.347 e. The van der Waals surface area contributed by atoms with Crippen molar-refractivity contribution in [3.8, 4) is 0 Å². The van der Waals surface area contributed by atoms with Crippen LogP contribution < -0.4 is 10.6 Å². The van der Waals surface area contributed by atoms with E-state index in [0.29, 0.717) is 45.4 Å². The average molecular weight is 397 g/mol. The second-order valence-electron chi connectivity index (χ2n) is 7.13. The zero-order valence-electron chi connectivity index (χ0n) is 17.8. The molecular formula is C20H36N4O4. The number of likely N-dealkylation sites (N-methyl/N-ethyl adjacent to an activating group) is 2. The van der Waals surface area contributed by atoms with Gasteiger partial charge in [-0.05, 0) is 47.0 Å². The van der Waals surface area contributed by atoms with Crippen LogP contribution in [0.5, 0.6) is 0 Å². The quantitative estimate of drug-likeness (QED) is 0.570. The SMILES string of the molecule is CCN(CC)C(=O)CNC(=O)C1CCCC(C(=O)NCC(=O)N(CC)CC)C1. The molecule has 0 aliphatic heterocycles. The van der Waals surface area contributed by atoms with E-state index in [2.05, 4.69) is 10.6 Å². The molecule has 0 heterocycles. The second-order valence-corrected chi connectivity index (χ2v) is 7.13. The van der Waals surface area contributed by atoms with Crippen LogP contribution in [0.2, 0.25) is 0 Å². The molecule has 0 aromatic rings. The Morgan fingerprint density at radius 3 is 1.39 bits per heavy atom. The summed E-state index contributed by atoms with van der Waals surface area (Å²) in [5.74, 6) is -1.08. The number of hydrogen-bond acceptors (Lipinski definition) is 4. The smallest absolute Gasteiger partial charge is 0.241 e. The van der Waals surface area contributed by atoms with Crippen LogP contribution in [0.4, 0.5) is 0 Å². The second kappa shape index (κ2) is 12.4. The first kappa shape index (κ1) is 23.9. The molecule has 2 N–H and O–H groups in total. The first-order valence-corrected chi connectivity index (χ1v) is 10.5. The summed E-state index contributed by atoms with van der Waals surface area (Å²) in [7, 11) is 0. The van der Waals surface area contributed by atoms with Gasteiger partial charge >= 0.3 is 0 Å². The van der Waals surface area contributed by atoms with Gasteiger partial charge in [0.25, 0.3) is 0 Å². The van der Waals surface area contributed by atoms with Crippen molar-refractivity contribution >= 4 is 23.6 Å². The number of carbonyl (C=O) groups excluding carboxylic acids is 4. The van der Waals surface area contributed by atoms with Crippen LogP contribution in [0.15, 0.2) is 0 Å². The Hall–Kier alpha value is -2.12. The molecule has 8 heteroatoms. The summed E-state index contributed by atoms with van der Waals surface area (Å²) in [5.41, 5.74) is 0. The van der Waals surface area contributed by atoms with Gasteiger partial charge in [-0.3, -0.25) is 19.2 Å². The van der Waals surface area contributed by atoms with Gasteiger partial charge in [0.2, 0.25) is 23.6 Å². The highest BCUT2D eigenvalue weighted by Gasteiger charge is 2.31. The summed E-state index contributed by atoms with van der Waals surface area (Å²) in [5, 5.41) is 5.44. The van der Waals surface area contributed by atoms with Crippen LogP contribution >= 0.6 is 0 Å². The fourth-order valence-electron chi connectivity index (χ4n) is 3.66. The van der Waals surface area contributed by atoms with E-state index in [9.17, 15) is 19.2 Å². The number of nitrogens with one attached hydrogen (secondary N) is 2. The minimum atomic E-state index is -0.271. The van der Waals surface area contributed by atoms with Crippen molar-refractivity contribution in [1.29, 1.82) is 0 Å². The summed E-state index contributed by atoms with van der Waals surface area (Å²) < 4.78 is 0. The standard InChI is InChI=1S/C20H36N4O4/c1-5-23(6-2)17(25)13-21-19(27)15-10-9-11-16(12-15)20(28)22-14-18(26)24(7-3)8-4/h15-16H,5-14H2,1-4H3,(H,21,27)(H,22,28). The molecule has 0 saturated heterocycles. The molecular weight excluding hydrogens is 360 g/mol. The van der Waals surface area contributed by atoms with Crippen LogP contribution in [0.25, 0.3) is 0 Å². The fraction of sp³-hybridized carbons (Fsp3) is 0.800. The van der Waals surface area contributed by atoms with E-state index in [-0.39, 0.29) is 48.6 Å². The van der Waals surface area contributed by atoms with Crippen molar-refractivity contribution in [2.45, 2.75) is 53.4 Å². The van der Waals surface area contributed by atoms with E-state index in [1.165, 1.54) is 0 Å². The predicted molar refractivity (Wildman–Crippen MR) is 107 cm³/mol. The molecule has 0 aromatic heterocycles. The third-order valence-electron chi connectivity index (χ3n) is 5.48. The van der Waals surface area contributed by atoms with Gasteiger partial charge in [0.05, 0.1) is 13.1 Å². The van der Waals surface area contributed by atoms with Crippen molar-refractivity contribution in [1.82, 2.24) is 20.4 Å². The van der Waals surface area contributed by atoms with Gasteiger partial charge in [-0.2, -0.15) is 0 Å². The van der Waals surface area contributed by atoms with Gasteiger partial charge in [0.1, 0.15) is 0 Å². The highest BCUT2D eigenvalue weighted by Crippen LogP contribution is 2.29. The van der Waals surface area contributed by atoms with Gasteiger partial charge in [0.15, 0.2) is 0 Å². The van der Waals surface area contributed by atoms with E-state index < -0.39 is 0 Å². The van der Waals surface area contributed by atoms with E-state index in [0.717, 1.165) is 6.42 Å². The maximum atomic E-state index is 12.4. The van der Waals surface area contributed by atoms with Crippen molar-refractivity contribution in [2.24, 2.45) is 11.8 Å². The molecule has 1 fully saturated rings. The monoisotopic (exact) mass is 396 g/mol. The zero-order valence-corrected chi connectivity index (χ0v) is 17.8. The minimum Gasteiger partial charge on any atom is -0.347 e. The number of rotatable bonds is 10. The Bertz CT molecular complexity index is 498. The molecule has 160 valence electrons. The Labute approximate surface area is 168 Å². The van der Waals surface area contributed by atoms with Crippen molar-refractivity contribution in [3.05, 3.63) is 0 Å². The van der Waals surface area contributed by atoms with E-state index in [1.807, 2.05) is 27.7 Å². The lowest BCUT2D eigenvalue weighted by atomic mass is 9.80. The summed E-state index contributed by atoms with van der Waals surface area (Å²) in [6.45, 7) is 10.0. The first-order valence-electron chi connectivity index (χ1n) is 10.5. The Balaban J connectivity index is 2.47. The van der Waals surface area contributed by atoms with Crippen molar-refractivity contribution in [3.63, 3.8) is 0 Å². The molecule has 1 aliphatic rings. The molecule has 28 heavy (non-hydrogen) atoms. The molecule has 0 aromatic carbocycles. The fourth-order valence-corrected chi connectivity index (χ4v) is 3.66. The molecule has 0 radical (unpaired) electrons. The average Bonchev–Trinajstić information content (AvgIpc) is 2.72. The normalized spacial score (nSPS) is 18.9. The summed E-state index contributed by atoms with van der Waals surface area (Å²) in [6, 6.07) is 0. The lowest BCUT2D eigenvalue weighted by Crippen LogP contribution is -2.45. The predicted octanol–water partition coefficient (Wildman–Crippen LogP) is 0.762. The first-order chi connectivity index (χ1) is 13.4. The Morgan fingerprint density at radius 2 is 1.07 bits per heavy atom. The van der Waals surface area contributed by atoms with Crippen LogP contribution in [-0.4, -0.2) is 72.7 Å². The van der Waals surface area contributed by atoms with Gasteiger partial charge < -0.3 is 20.4 Å². The third-order valence-corrected chi connectivity index (χ3v) is 5.48. The Kier molecular flexibility index (Phi) is 10.6. The summed E-state index contributed by atoms with van der Waals surface area (Å²) in [6.07, 6.45) is 2.67. The van der Waals surface area contributed by atoms with Gasteiger partial charge in [-0.15, -0.1) is 0 Å². The van der Waals surface area contributed by atoms with Gasteiger partial charge in [-0.25, -0.2) is 0 Å². The number of amides is 4. The van der Waals surface area contributed by atoms with E-state index >= 15 is 0 Å². The highest BCUT2D eigenvalue weighted by atomic mass is 16.2. The number of carbonyl (C=O) groups is 4. The molecule has 1 saturated carbocycles. The van der Waals surface area contributed by atoms with Crippen LogP contribution in [0.3, 0.4) is 0 Å². The summed E-state index contributed by atoms with van der Waals surface area (Å²) in [4.78, 5) is 52.3. The molecule has 0 bridgehead atoms. The van der Waals surface area contributed by atoms with Crippen LogP contribution in [0.1, 0.15) is 53.4 Å². The lowest BCUT2D eigenvalue weighted by Gasteiger charge is -2.28. The molecule has 8 nitrogen and oxygen atoms in total. The minimum absolute atomic E-state index is 0.00769. The number of hydrogen-bond donors (Lipinski definition) is 2. The van der Waals surface area contributed by atoms with Crippen molar-refractivity contribution < 1.29 is 19.2 Å². The number of nitrogens with zero attached hydrogens (tertiary/aromatic N) is 2. The highest BCUT2D eigenvalue weighted by molar-refractivity contribution is 5.88. The van der Waals surface area contributed by atoms with E-state index in [1.54, 1.807) is 9.80 Å². The van der Waals surface area contributed by atoms with Crippen molar-refractivity contribution in [2.75, 3.05) is 39.3 Å². The molecule has 2 unspecified atom stereocenters. The van der Waals surface area contributed by atoms with Gasteiger partial charge in [-0.1, -0.05) is 6.42 Å². The third kappa shape index (κ3) is 7.13. The van der Waals surface area contributed by atoms with Crippen LogP contribution in [-0.2, 0) is 19.2 Å². The Morgan fingerprint density at radius 1 is 0.714 bits per heavy atom. The summed E-state index contributed by atoms with van der Waals surface area (Å²) >= 11 is 0. The molecule has 2 atom stereocenters.